The average Bonchev–Trinajstić information content (AvgIpc) is 1.97. The van der Waals surface area contributed by atoms with Crippen molar-refractivity contribution in [1.29, 1.82) is 0 Å². The topological polar surface area (TPSA) is 29.5 Å². The quantitative estimate of drug-likeness (QED) is 0.657. The van der Waals surface area contributed by atoms with Crippen LogP contribution in [0.15, 0.2) is 0 Å². The molecular formula is C9H16Br3NO2. The van der Waals surface area contributed by atoms with E-state index in [1.165, 1.54) is 0 Å². The summed E-state index contributed by atoms with van der Waals surface area (Å²) in [4.78, 5) is 13.4. The molecule has 0 aliphatic heterocycles. The van der Waals surface area contributed by atoms with Crippen LogP contribution in [-0.4, -0.2) is 31.8 Å². The van der Waals surface area contributed by atoms with Gasteiger partial charge in [0.2, 0.25) is 0 Å². The monoisotopic (exact) mass is 407 g/mol. The molecule has 0 saturated carbocycles. The standard InChI is InChI=1S/C9H16Br3NO2/c1-6(2)13(7(3)4)8(14)15-5-9(10,11)12/h6-7H,5H2,1-4H3. The minimum Gasteiger partial charge on any atom is -0.446 e. The van der Waals surface area contributed by atoms with Crippen molar-refractivity contribution in [2.45, 2.75) is 41.9 Å². The molecule has 90 valence electrons. The summed E-state index contributed by atoms with van der Waals surface area (Å²) in [6.07, 6.45) is -0.303. The van der Waals surface area contributed by atoms with Crippen molar-refractivity contribution in [3.8, 4) is 0 Å². The van der Waals surface area contributed by atoms with Gasteiger partial charge in [0.25, 0.3) is 0 Å². The van der Waals surface area contributed by atoms with Gasteiger partial charge < -0.3 is 9.64 Å². The molecule has 0 unspecified atom stereocenters. The van der Waals surface area contributed by atoms with Crippen molar-refractivity contribution in [3.05, 3.63) is 0 Å². The van der Waals surface area contributed by atoms with Gasteiger partial charge in [-0.3, -0.25) is 0 Å². The predicted molar refractivity (Wildman–Crippen MR) is 73.0 cm³/mol. The first-order valence-corrected chi connectivity index (χ1v) is 7.05. The first-order chi connectivity index (χ1) is 6.65. The molecule has 0 aliphatic carbocycles. The highest BCUT2D eigenvalue weighted by Crippen LogP contribution is 2.33. The number of ether oxygens (including phenoxy) is 1. The number of hydrogen-bond acceptors (Lipinski definition) is 2. The Labute approximate surface area is 116 Å². The van der Waals surface area contributed by atoms with Crippen LogP contribution in [0.4, 0.5) is 4.79 Å². The summed E-state index contributed by atoms with van der Waals surface area (Å²) < 4.78 is 4.60. The van der Waals surface area contributed by atoms with E-state index in [0.717, 1.165) is 0 Å². The summed E-state index contributed by atoms with van der Waals surface area (Å²) >= 11 is 9.80. The second kappa shape index (κ2) is 6.45. The molecule has 0 aromatic carbocycles. The highest BCUT2D eigenvalue weighted by Gasteiger charge is 2.25. The zero-order valence-corrected chi connectivity index (χ0v) is 14.0. The smallest absolute Gasteiger partial charge is 0.410 e. The molecule has 0 spiro atoms. The molecule has 1 amide bonds. The lowest BCUT2D eigenvalue weighted by Gasteiger charge is -2.30. The molecule has 0 bridgehead atoms. The molecule has 0 saturated heterocycles. The number of alkyl halides is 3. The Morgan fingerprint density at radius 3 is 1.87 bits per heavy atom. The van der Waals surface area contributed by atoms with Crippen LogP contribution < -0.4 is 0 Å². The second-order valence-corrected chi connectivity index (χ2v) is 11.0. The van der Waals surface area contributed by atoms with Gasteiger partial charge in [0.1, 0.15) is 6.61 Å². The van der Waals surface area contributed by atoms with Crippen LogP contribution in [0, 0.1) is 0 Å². The molecule has 0 aliphatic rings. The molecule has 0 aromatic rings. The maximum Gasteiger partial charge on any atom is 0.410 e. The van der Waals surface area contributed by atoms with Crippen molar-refractivity contribution in [2.75, 3.05) is 6.61 Å². The van der Waals surface area contributed by atoms with Crippen molar-refractivity contribution < 1.29 is 9.53 Å². The van der Waals surface area contributed by atoms with Gasteiger partial charge in [0, 0.05) is 12.1 Å². The molecular weight excluding hydrogens is 394 g/mol. The summed E-state index contributed by atoms with van der Waals surface area (Å²) in [5.74, 6) is 0. The van der Waals surface area contributed by atoms with Gasteiger partial charge in [-0.05, 0) is 27.7 Å². The maximum absolute atomic E-state index is 11.7. The number of amides is 1. The van der Waals surface area contributed by atoms with E-state index in [2.05, 4.69) is 47.8 Å². The SMILES string of the molecule is CC(C)N(C(=O)OCC(Br)(Br)Br)C(C)C. The van der Waals surface area contributed by atoms with Crippen LogP contribution in [0.1, 0.15) is 27.7 Å². The van der Waals surface area contributed by atoms with Gasteiger partial charge in [-0.2, -0.15) is 0 Å². The molecule has 0 N–H and O–H groups in total. The van der Waals surface area contributed by atoms with Crippen LogP contribution in [0.2, 0.25) is 0 Å². The van der Waals surface area contributed by atoms with Crippen molar-refractivity contribution >= 4 is 53.9 Å². The Morgan fingerprint density at radius 1 is 1.20 bits per heavy atom. The fraction of sp³-hybridized carbons (Fsp3) is 0.889. The van der Waals surface area contributed by atoms with Gasteiger partial charge in [0.15, 0.2) is 2.14 Å². The Bertz CT molecular complexity index is 206. The maximum atomic E-state index is 11.7. The van der Waals surface area contributed by atoms with E-state index in [1.54, 1.807) is 4.90 Å². The van der Waals surface area contributed by atoms with Gasteiger partial charge in [0.05, 0.1) is 0 Å². The molecule has 3 nitrogen and oxygen atoms in total. The molecule has 6 heteroatoms. The molecule has 15 heavy (non-hydrogen) atoms. The minimum absolute atomic E-state index is 0.132. The lowest BCUT2D eigenvalue weighted by molar-refractivity contribution is 0.0823. The van der Waals surface area contributed by atoms with Gasteiger partial charge in [-0.15, -0.1) is 0 Å². The molecule has 0 rings (SSSR count). The predicted octanol–water partition coefficient (Wildman–Crippen LogP) is 4.08. The third-order valence-corrected chi connectivity index (χ3v) is 2.37. The van der Waals surface area contributed by atoms with Crippen LogP contribution in [-0.2, 0) is 4.74 Å². The van der Waals surface area contributed by atoms with Gasteiger partial charge in [-0.25, -0.2) is 4.79 Å². The Balaban J connectivity index is 4.29. The van der Waals surface area contributed by atoms with Crippen molar-refractivity contribution in [2.24, 2.45) is 0 Å². The lowest BCUT2D eigenvalue weighted by Crippen LogP contribution is -2.43. The van der Waals surface area contributed by atoms with Crippen molar-refractivity contribution in [1.82, 2.24) is 4.90 Å². The Hall–Kier alpha value is 0.710. The number of carbonyl (C=O) groups excluding carboxylic acids is 1. The number of hydrogen-bond donors (Lipinski definition) is 0. The zero-order chi connectivity index (χ0) is 12.2. The minimum atomic E-state index is -0.539. The van der Waals surface area contributed by atoms with E-state index in [1.807, 2.05) is 27.7 Å². The summed E-state index contributed by atoms with van der Waals surface area (Å²) in [6, 6.07) is 0.265. The number of carbonyl (C=O) groups is 1. The average molecular weight is 410 g/mol. The summed E-state index contributed by atoms with van der Waals surface area (Å²) in [5.41, 5.74) is 0. The van der Waals surface area contributed by atoms with E-state index >= 15 is 0 Å². The molecule has 0 aromatic heterocycles. The normalized spacial score (nSPS) is 12.1. The number of rotatable bonds is 3. The van der Waals surface area contributed by atoms with Crippen LogP contribution in [0.5, 0.6) is 0 Å². The molecule has 0 atom stereocenters. The molecule has 0 heterocycles. The lowest BCUT2D eigenvalue weighted by atomic mass is 10.2. The first-order valence-electron chi connectivity index (χ1n) is 4.67. The van der Waals surface area contributed by atoms with E-state index in [4.69, 9.17) is 4.74 Å². The van der Waals surface area contributed by atoms with Gasteiger partial charge in [-0.1, -0.05) is 47.8 Å². The summed E-state index contributed by atoms with van der Waals surface area (Å²) in [6.45, 7) is 8.06. The van der Waals surface area contributed by atoms with E-state index < -0.39 is 2.14 Å². The second-order valence-electron chi connectivity index (χ2n) is 3.76. The van der Waals surface area contributed by atoms with Crippen LogP contribution in [0.25, 0.3) is 0 Å². The first kappa shape index (κ1) is 15.7. The highest BCUT2D eigenvalue weighted by molar-refractivity contribution is 9.39. The van der Waals surface area contributed by atoms with Crippen molar-refractivity contribution in [3.63, 3.8) is 0 Å². The Morgan fingerprint density at radius 2 is 1.60 bits per heavy atom. The third-order valence-electron chi connectivity index (χ3n) is 1.68. The van der Waals surface area contributed by atoms with E-state index in [0.29, 0.717) is 0 Å². The fourth-order valence-electron chi connectivity index (χ4n) is 1.24. The third kappa shape index (κ3) is 6.79. The summed E-state index contributed by atoms with van der Waals surface area (Å²) in [7, 11) is 0. The largest absolute Gasteiger partial charge is 0.446 e. The fourth-order valence-corrected chi connectivity index (χ4v) is 1.58. The highest BCUT2D eigenvalue weighted by atomic mass is 80.0. The number of nitrogens with zero attached hydrogens (tertiary/aromatic N) is 1. The van der Waals surface area contributed by atoms with Crippen LogP contribution >= 0.6 is 47.8 Å². The van der Waals surface area contributed by atoms with Crippen LogP contribution in [0.3, 0.4) is 0 Å². The summed E-state index contributed by atoms with van der Waals surface area (Å²) in [5, 5.41) is 0. The van der Waals surface area contributed by atoms with Gasteiger partial charge >= 0.3 is 6.09 Å². The Kier molecular flexibility index (Phi) is 6.75. The molecule has 0 radical (unpaired) electrons. The van der Waals surface area contributed by atoms with E-state index in [-0.39, 0.29) is 24.8 Å². The van der Waals surface area contributed by atoms with E-state index in [9.17, 15) is 4.79 Å². The number of halogens is 3. The zero-order valence-electron chi connectivity index (χ0n) is 9.26. The molecule has 0 fully saturated rings.